The lowest BCUT2D eigenvalue weighted by atomic mass is 9.87. The van der Waals surface area contributed by atoms with Crippen LogP contribution >= 0.6 is 0 Å². The van der Waals surface area contributed by atoms with Gasteiger partial charge in [-0.1, -0.05) is 56.7 Å². The third kappa shape index (κ3) is 7.14. The molecule has 0 aliphatic carbocycles. The van der Waals surface area contributed by atoms with Crippen molar-refractivity contribution >= 4 is 17.7 Å². The molecule has 41 heavy (non-hydrogen) atoms. The maximum atomic E-state index is 13.1. The molecule has 0 spiro atoms. The monoisotopic (exact) mass is 557 g/mol. The number of anilines is 2. The Labute approximate surface area is 241 Å². The van der Waals surface area contributed by atoms with Crippen LogP contribution in [0.3, 0.4) is 0 Å². The van der Waals surface area contributed by atoms with Gasteiger partial charge in [-0.05, 0) is 43.5 Å². The fraction of sp³-hybridized carbons (Fsp3) is 0.387. The Morgan fingerprint density at radius 2 is 1.80 bits per heavy atom. The van der Waals surface area contributed by atoms with Crippen LogP contribution in [0.4, 0.5) is 16.4 Å². The molecule has 2 aliphatic heterocycles. The van der Waals surface area contributed by atoms with E-state index in [-0.39, 0.29) is 24.0 Å². The number of carbonyl (C=O) groups is 1. The van der Waals surface area contributed by atoms with Crippen LogP contribution in [-0.2, 0) is 11.3 Å². The number of rotatable bonds is 7. The molecule has 5 rings (SSSR count). The predicted molar refractivity (Wildman–Crippen MR) is 160 cm³/mol. The second-order valence-corrected chi connectivity index (χ2v) is 11.5. The predicted octanol–water partition coefficient (Wildman–Crippen LogP) is 4.80. The summed E-state index contributed by atoms with van der Waals surface area (Å²) in [6.07, 6.45) is 2.06. The highest BCUT2D eigenvalue weighted by atomic mass is 16.5. The minimum absolute atomic E-state index is 0.0415. The van der Waals surface area contributed by atoms with Crippen LogP contribution in [0.1, 0.15) is 37.6 Å². The zero-order chi connectivity index (χ0) is 29.0. The lowest BCUT2D eigenvalue weighted by molar-refractivity contribution is 0.122. The number of carbonyl (C=O) groups excluding carboxylic acids is 1. The van der Waals surface area contributed by atoms with Gasteiger partial charge in [0.1, 0.15) is 11.6 Å². The van der Waals surface area contributed by atoms with Gasteiger partial charge in [-0.25, -0.2) is 15.2 Å². The molecule has 1 fully saturated rings. The van der Waals surface area contributed by atoms with Crippen LogP contribution < -0.4 is 30.7 Å². The number of amides is 2. The Morgan fingerprint density at radius 3 is 2.54 bits per heavy atom. The van der Waals surface area contributed by atoms with E-state index < -0.39 is 0 Å². The molecule has 1 saturated heterocycles. The summed E-state index contributed by atoms with van der Waals surface area (Å²) in [5.74, 6) is 2.39. The molecule has 1 atom stereocenters. The number of morpholine rings is 1. The van der Waals surface area contributed by atoms with E-state index >= 15 is 0 Å². The van der Waals surface area contributed by atoms with Gasteiger partial charge in [0.15, 0.2) is 0 Å². The first-order valence-electron chi connectivity index (χ1n) is 14.0. The van der Waals surface area contributed by atoms with Gasteiger partial charge < -0.3 is 19.7 Å². The summed E-state index contributed by atoms with van der Waals surface area (Å²) in [6, 6.07) is 17.3. The number of urea groups is 1. The molecule has 10 nitrogen and oxygen atoms in total. The average Bonchev–Trinajstić information content (AvgIpc) is 3.37. The molecule has 216 valence electrons. The van der Waals surface area contributed by atoms with E-state index in [4.69, 9.17) is 9.47 Å². The highest BCUT2D eigenvalue weighted by Crippen LogP contribution is 2.30. The number of benzene rings is 2. The Kier molecular flexibility index (Phi) is 8.41. The first kappa shape index (κ1) is 28.4. The van der Waals surface area contributed by atoms with Gasteiger partial charge >= 0.3 is 6.03 Å². The summed E-state index contributed by atoms with van der Waals surface area (Å²) in [5, 5.41) is 7.94. The Balaban J connectivity index is 1.26. The molecule has 0 saturated carbocycles. The molecular formula is C31H39N7O3. The third-order valence-corrected chi connectivity index (χ3v) is 7.04. The number of nitrogens with one attached hydrogen (secondary N) is 3. The Morgan fingerprint density at radius 1 is 1.07 bits per heavy atom. The summed E-state index contributed by atoms with van der Waals surface area (Å²) >= 11 is 0. The topological polar surface area (TPSA) is 104 Å². The molecular weight excluding hydrogens is 518 g/mol. The summed E-state index contributed by atoms with van der Waals surface area (Å²) in [6.45, 7) is 13.5. The number of aromatic nitrogens is 2. The zero-order valence-corrected chi connectivity index (χ0v) is 24.4. The van der Waals surface area contributed by atoms with Gasteiger partial charge in [-0.3, -0.25) is 10.3 Å². The molecule has 3 N–H and O–H groups in total. The van der Waals surface area contributed by atoms with Gasteiger partial charge in [0.25, 0.3) is 0 Å². The van der Waals surface area contributed by atoms with Crippen LogP contribution in [0.2, 0.25) is 0 Å². The number of hydrogen-bond donors (Lipinski definition) is 3. The van der Waals surface area contributed by atoms with Crippen molar-refractivity contribution in [3.63, 3.8) is 0 Å². The van der Waals surface area contributed by atoms with E-state index in [0.717, 1.165) is 30.0 Å². The van der Waals surface area contributed by atoms with E-state index in [1.165, 1.54) is 5.56 Å². The second-order valence-electron chi connectivity index (χ2n) is 11.5. The Hall–Kier alpha value is -4.15. The lowest BCUT2D eigenvalue weighted by Crippen LogP contribution is -2.46. The van der Waals surface area contributed by atoms with Crippen molar-refractivity contribution in [1.29, 1.82) is 0 Å². The normalized spacial score (nSPS) is 17.3. The van der Waals surface area contributed by atoms with E-state index in [0.29, 0.717) is 36.6 Å². The zero-order valence-electron chi connectivity index (χ0n) is 24.4. The molecule has 2 aliphatic rings. The van der Waals surface area contributed by atoms with Crippen molar-refractivity contribution in [1.82, 2.24) is 26.0 Å². The Bertz CT molecular complexity index is 1400. The molecule has 0 radical (unpaired) electrons. The molecule has 1 unspecified atom stereocenters. The molecule has 3 aromatic rings. The third-order valence-electron chi connectivity index (χ3n) is 7.04. The number of aryl methyl sites for hydroxylation is 2. The largest absolute Gasteiger partial charge is 0.438 e. The smallest absolute Gasteiger partial charge is 0.320 e. The number of nitrogens with zero attached hydrogens (tertiary/aromatic N) is 4. The summed E-state index contributed by atoms with van der Waals surface area (Å²) in [4.78, 5) is 24.4. The summed E-state index contributed by atoms with van der Waals surface area (Å²) in [7, 11) is 0. The van der Waals surface area contributed by atoms with E-state index in [9.17, 15) is 4.79 Å². The second kappa shape index (κ2) is 12.2. The standard InChI is InChI=1S/C31H39N7O3/c1-21-10-12-24(13-11-21)38-27(19-26(36-38)31(3,4)5)34-30(39)32-20-23-8-6-7-9-25(23)41-28-18-22(2)33-29(35-28)37-14-16-40-17-15-37/h6-13,18-19,26,36H,14-17,20H2,1-5H3,(H2,32,34,39). The van der Waals surface area contributed by atoms with Crippen molar-refractivity contribution in [2.75, 3.05) is 36.2 Å². The quantitative estimate of drug-likeness (QED) is 0.381. The van der Waals surface area contributed by atoms with Crippen LogP contribution in [0, 0.1) is 19.3 Å². The summed E-state index contributed by atoms with van der Waals surface area (Å²) < 4.78 is 11.7. The van der Waals surface area contributed by atoms with Gasteiger partial charge in [-0.15, -0.1) is 0 Å². The minimum Gasteiger partial charge on any atom is -0.438 e. The van der Waals surface area contributed by atoms with Crippen LogP contribution in [0.15, 0.2) is 66.5 Å². The SMILES string of the molecule is Cc1ccc(N2NC(C(C)(C)C)C=C2NC(=O)NCc2ccccc2Oc2cc(C)nc(N3CCOCC3)n2)cc1. The van der Waals surface area contributed by atoms with Crippen molar-refractivity contribution in [3.8, 4) is 11.6 Å². The van der Waals surface area contributed by atoms with Crippen LogP contribution in [0.5, 0.6) is 11.6 Å². The molecule has 10 heteroatoms. The maximum absolute atomic E-state index is 13.1. The maximum Gasteiger partial charge on any atom is 0.320 e. The number of hydrogen-bond acceptors (Lipinski definition) is 8. The number of para-hydroxylation sites is 1. The minimum atomic E-state index is -0.313. The van der Waals surface area contributed by atoms with Crippen molar-refractivity contribution < 1.29 is 14.3 Å². The number of ether oxygens (including phenoxy) is 2. The van der Waals surface area contributed by atoms with E-state index in [1.807, 2.05) is 54.4 Å². The van der Waals surface area contributed by atoms with Gasteiger partial charge in [0, 0.05) is 37.0 Å². The fourth-order valence-corrected chi connectivity index (χ4v) is 4.61. The van der Waals surface area contributed by atoms with Crippen molar-refractivity contribution in [3.05, 3.63) is 83.3 Å². The van der Waals surface area contributed by atoms with Crippen LogP contribution in [-0.4, -0.2) is 48.3 Å². The van der Waals surface area contributed by atoms with Gasteiger partial charge in [0.2, 0.25) is 11.8 Å². The van der Waals surface area contributed by atoms with Crippen molar-refractivity contribution in [2.24, 2.45) is 5.41 Å². The van der Waals surface area contributed by atoms with Crippen molar-refractivity contribution in [2.45, 2.75) is 47.2 Å². The summed E-state index contributed by atoms with van der Waals surface area (Å²) in [5.41, 5.74) is 7.24. The lowest BCUT2D eigenvalue weighted by Gasteiger charge is -2.29. The van der Waals surface area contributed by atoms with Crippen LogP contribution in [0.25, 0.3) is 0 Å². The molecule has 1 aromatic heterocycles. The van der Waals surface area contributed by atoms with Gasteiger partial charge in [0.05, 0.1) is 24.9 Å². The highest BCUT2D eigenvalue weighted by molar-refractivity contribution is 5.77. The average molecular weight is 558 g/mol. The molecule has 2 amide bonds. The highest BCUT2D eigenvalue weighted by Gasteiger charge is 2.33. The number of hydrazine groups is 1. The van der Waals surface area contributed by atoms with Gasteiger partial charge in [-0.2, -0.15) is 4.98 Å². The first-order valence-corrected chi connectivity index (χ1v) is 14.0. The molecule has 3 heterocycles. The fourth-order valence-electron chi connectivity index (χ4n) is 4.61. The molecule has 0 bridgehead atoms. The first-order chi connectivity index (χ1) is 19.7. The van der Waals surface area contributed by atoms with E-state index in [2.05, 4.69) is 76.8 Å². The molecule has 2 aromatic carbocycles. The van der Waals surface area contributed by atoms with E-state index in [1.54, 1.807) is 0 Å².